The quantitative estimate of drug-likeness (QED) is 0.708. The first kappa shape index (κ1) is 20.0. The van der Waals surface area contributed by atoms with Crippen molar-refractivity contribution in [2.24, 2.45) is 0 Å². The molecule has 0 spiro atoms. The molecule has 24 heavy (non-hydrogen) atoms. The van der Waals surface area contributed by atoms with Gasteiger partial charge in [0.25, 0.3) is 0 Å². The molecule has 0 amide bonds. The van der Waals surface area contributed by atoms with Crippen molar-refractivity contribution >= 4 is 44.6 Å². The van der Waals surface area contributed by atoms with Crippen molar-refractivity contribution in [2.75, 3.05) is 18.1 Å². The number of carboxylic acid groups (broad SMARTS) is 1. The Morgan fingerprint density at radius 3 is 1.62 bits per heavy atom. The molecule has 0 aliphatic heterocycles. The predicted molar refractivity (Wildman–Crippen MR) is 99.3 cm³/mol. The van der Waals surface area contributed by atoms with Gasteiger partial charge in [-0.3, -0.25) is 0 Å². The van der Waals surface area contributed by atoms with Crippen molar-refractivity contribution in [3.05, 3.63) is 32.0 Å². The number of rotatable bonds is 3. The van der Waals surface area contributed by atoms with E-state index in [9.17, 15) is 9.59 Å². The number of carbonyl (C=O) groups excluding carboxylic acids is 1. The van der Waals surface area contributed by atoms with Gasteiger partial charge in [0.05, 0.1) is 17.7 Å². The number of nitrogen functional groups attached to an aromatic ring is 2. The van der Waals surface area contributed by atoms with Gasteiger partial charge in [-0.1, -0.05) is 0 Å². The lowest BCUT2D eigenvalue weighted by Crippen LogP contribution is -2.07. The monoisotopic (exact) mass is 370 g/mol. The molecular weight excluding hydrogens is 348 g/mol. The van der Waals surface area contributed by atoms with Crippen LogP contribution in [0.15, 0.2) is 0 Å². The maximum atomic E-state index is 11.4. The summed E-state index contributed by atoms with van der Waals surface area (Å²) in [5, 5.41) is 9.63. The van der Waals surface area contributed by atoms with Gasteiger partial charge >= 0.3 is 11.9 Å². The van der Waals surface area contributed by atoms with Gasteiger partial charge in [-0.25, -0.2) is 9.59 Å². The summed E-state index contributed by atoms with van der Waals surface area (Å²) in [5.74, 6) is -1.26. The summed E-state index contributed by atoms with van der Waals surface area (Å²) in [5.41, 5.74) is 13.7. The number of hydrogen-bond donors (Lipinski definition) is 3. The Morgan fingerprint density at radius 1 is 0.958 bits per heavy atom. The maximum absolute atomic E-state index is 11.4. The molecule has 5 N–H and O–H groups in total. The Balaban J connectivity index is 0.000000243. The van der Waals surface area contributed by atoms with Crippen LogP contribution in [-0.2, 0) is 4.74 Å². The average Bonchev–Trinajstić information content (AvgIpc) is 2.87. The number of ether oxygens (including phenoxy) is 1. The topological polar surface area (TPSA) is 116 Å². The highest BCUT2D eigenvalue weighted by Crippen LogP contribution is 2.30. The Kier molecular flexibility index (Phi) is 6.80. The van der Waals surface area contributed by atoms with E-state index in [1.807, 2.05) is 20.8 Å². The molecule has 0 bridgehead atoms. The highest BCUT2D eigenvalue weighted by Gasteiger charge is 2.18. The third-order valence-electron chi connectivity index (χ3n) is 3.52. The lowest BCUT2D eigenvalue weighted by molar-refractivity contribution is 0.0526. The van der Waals surface area contributed by atoms with Crippen LogP contribution in [0, 0.1) is 27.7 Å². The molecule has 0 saturated carbocycles. The van der Waals surface area contributed by atoms with Crippen molar-refractivity contribution in [3.63, 3.8) is 0 Å². The van der Waals surface area contributed by atoms with Gasteiger partial charge < -0.3 is 21.3 Å². The Bertz CT molecular complexity index is 763. The summed E-state index contributed by atoms with van der Waals surface area (Å²) in [6, 6.07) is 0. The number of carbonyl (C=O) groups is 2. The zero-order valence-corrected chi connectivity index (χ0v) is 16.0. The van der Waals surface area contributed by atoms with Crippen molar-refractivity contribution in [1.82, 2.24) is 0 Å². The molecular formula is C16H22N2O4S2. The van der Waals surface area contributed by atoms with E-state index in [0.717, 1.165) is 20.9 Å². The van der Waals surface area contributed by atoms with Crippen molar-refractivity contribution in [2.45, 2.75) is 34.6 Å². The lowest BCUT2D eigenvalue weighted by Gasteiger charge is -2.01. The van der Waals surface area contributed by atoms with E-state index in [1.165, 1.54) is 22.7 Å². The molecule has 6 nitrogen and oxygen atoms in total. The van der Waals surface area contributed by atoms with Crippen LogP contribution in [0.1, 0.15) is 48.5 Å². The van der Waals surface area contributed by atoms with Gasteiger partial charge in [0.2, 0.25) is 0 Å². The minimum Gasteiger partial charge on any atom is -0.478 e. The molecule has 0 aromatic carbocycles. The maximum Gasteiger partial charge on any atom is 0.341 e. The van der Waals surface area contributed by atoms with E-state index >= 15 is 0 Å². The number of esters is 1. The predicted octanol–water partition coefficient (Wildman–Crippen LogP) is 3.77. The van der Waals surface area contributed by atoms with Crippen LogP contribution in [0.5, 0.6) is 0 Å². The van der Waals surface area contributed by atoms with E-state index in [-0.39, 0.29) is 11.5 Å². The number of nitrogens with two attached hydrogens (primary N) is 2. The Morgan fingerprint density at radius 2 is 1.38 bits per heavy atom. The lowest BCUT2D eigenvalue weighted by atomic mass is 10.2. The normalized spacial score (nSPS) is 10.0. The highest BCUT2D eigenvalue weighted by atomic mass is 32.1. The van der Waals surface area contributed by atoms with Crippen LogP contribution in [-0.4, -0.2) is 23.7 Å². The van der Waals surface area contributed by atoms with Gasteiger partial charge in [-0.15, -0.1) is 22.7 Å². The number of carboxylic acids is 1. The van der Waals surface area contributed by atoms with Crippen LogP contribution in [0.25, 0.3) is 0 Å². The van der Waals surface area contributed by atoms with E-state index < -0.39 is 5.97 Å². The number of aryl methyl sites for hydroxylation is 2. The van der Waals surface area contributed by atoms with E-state index in [2.05, 4.69) is 0 Å². The van der Waals surface area contributed by atoms with Crippen molar-refractivity contribution in [1.29, 1.82) is 0 Å². The largest absolute Gasteiger partial charge is 0.478 e. The van der Waals surface area contributed by atoms with Crippen LogP contribution in [0.2, 0.25) is 0 Å². The molecule has 2 aromatic heterocycles. The molecule has 0 fully saturated rings. The van der Waals surface area contributed by atoms with Crippen LogP contribution < -0.4 is 11.5 Å². The molecule has 0 aliphatic carbocycles. The molecule has 132 valence electrons. The second kappa shape index (κ2) is 8.16. The molecule has 0 radical (unpaired) electrons. The highest BCUT2D eigenvalue weighted by molar-refractivity contribution is 7.16. The molecule has 2 aromatic rings. The fourth-order valence-corrected chi connectivity index (χ4v) is 3.88. The van der Waals surface area contributed by atoms with Crippen molar-refractivity contribution in [3.8, 4) is 0 Å². The minimum absolute atomic E-state index is 0.257. The third kappa shape index (κ3) is 4.27. The Labute approximate surface area is 149 Å². The number of thiophene rings is 2. The fourth-order valence-electron chi connectivity index (χ4n) is 2.03. The Hall–Kier alpha value is -2.06. The summed E-state index contributed by atoms with van der Waals surface area (Å²) < 4.78 is 4.89. The zero-order valence-electron chi connectivity index (χ0n) is 14.4. The molecule has 2 rings (SSSR count). The zero-order chi connectivity index (χ0) is 18.6. The average molecular weight is 370 g/mol. The van der Waals surface area contributed by atoms with E-state index in [1.54, 1.807) is 13.8 Å². The SMILES string of the molecule is CCOC(=O)c1c(N)sc(C)c1C.Cc1sc(N)c(C(=O)O)c1C. The molecule has 0 saturated heterocycles. The summed E-state index contributed by atoms with van der Waals surface area (Å²) in [7, 11) is 0. The van der Waals surface area contributed by atoms with Crippen molar-refractivity contribution < 1.29 is 19.4 Å². The first-order valence-corrected chi connectivity index (χ1v) is 8.86. The standard InChI is InChI=1S/C9H13NO2S.C7H9NO2S/c1-4-12-9(11)7-5(2)6(3)13-8(7)10;1-3-4(2)11-6(8)5(3)7(9)10/h4,10H2,1-3H3;8H2,1-2H3,(H,9,10). The van der Waals surface area contributed by atoms with Crippen LogP contribution >= 0.6 is 22.7 Å². The molecule has 0 atom stereocenters. The second-order valence-electron chi connectivity index (χ2n) is 5.07. The summed E-state index contributed by atoms with van der Waals surface area (Å²) in [4.78, 5) is 24.0. The number of anilines is 2. The minimum atomic E-state index is -0.940. The molecule has 0 unspecified atom stereocenters. The van der Waals surface area contributed by atoms with Gasteiger partial charge in [0.1, 0.15) is 10.0 Å². The van der Waals surface area contributed by atoms with Gasteiger partial charge in [-0.05, 0) is 45.7 Å². The molecule has 2 heterocycles. The van der Waals surface area contributed by atoms with E-state index in [0.29, 0.717) is 22.2 Å². The summed E-state index contributed by atoms with van der Waals surface area (Å²) in [6.07, 6.45) is 0. The van der Waals surface area contributed by atoms with Crippen LogP contribution in [0.3, 0.4) is 0 Å². The number of aromatic carboxylic acids is 1. The third-order valence-corrected chi connectivity index (χ3v) is 5.59. The second-order valence-corrected chi connectivity index (χ2v) is 7.58. The summed E-state index contributed by atoms with van der Waals surface area (Å²) in [6.45, 7) is 9.62. The van der Waals surface area contributed by atoms with Gasteiger partial charge in [0, 0.05) is 9.75 Å². The van der Waals surface area contributed by atoms with Gasteiger partial charge in [0.15, 0.2) is 0 Å². The van der Waals surface area contributed by atoms with E-state index in [4.69, 9.17) is 21.3 Å². The molecule has 0 aliphatic rings. The fraction of sp³-hybridized carbons (Fsp3) is 0.375. The van der Waals surface area contributed by atoms with Crippen LogP contribution in [0.4, 0.5) is 10.0 Å². The summed E-state index contributed by atoms with van der Waals surface area (Å²) >= 11 is 2.75. The first-order chi connectivity index (χ1) is 11.1. The smallest absolute Gasteiger partial charge is 0.341 e. The van der Waals surface area contributed by atoms with Gasteiger partial charge in [-0.2, -0.15) is 0 Å². The molecule has 8 heteroatoms. The number of hydrogen-bond acceptors (Lipinski definition) is 7. The first-order valence-electron chi connectivity index (χ1n) is 7.23.